The molecule has 0 radical (unpaired) electrons. The number of rotatable bonds is 6. The topological polar surface area (TPSA) is 63.2 Å². The van der Waals surface area contributed by atoms with E-state index >= 15 is 0 Å². The number of methoxy groups -OCH3 is 1. The van der Waals surface area contributed by atoms with E-state index in [4.69, 9.17) is 16.3 Å². The second-order valence-electron chi connectivity index (χ2n) is 6.53. The van der Waals surface area contributed by atoms with Crippen LogP contribution in [-0.4, -0.2) is 18.0 Å². The van der Waals surface area contributed by atoms with E-state index in [9.17, 15) is 4.79 Å². The number of hydrogen-bond donors (Lipinski definition) is 2. The average Bonchev–Trinajstić information content (AvgIpc) is 2.69. The molecule has 0 aliphatic carbocycles. The number of amides is 1. The van der Waals surface area contributed by atoms with Gasteiger partial charge in [-0.05, 0) is 60.9 Å². The zero-order chi connectivity index (χ0) is 20.1. The van der Waals surface area contributed by atoms with Crippen molar-refractivity contribution in [3.8, 4) is 5.75 Å². The largest absolute Gasteiger partial charge is 0.497 e. The smallest absolute Gasteiger partial charge is 0.274 e. The molecule has 0 atom stereocenters. The van der Waals surface area contributed by atoms with Gasteiger partial charge < -0.3 is 15.4 Å². The lowest BCUT2D eigenvalue weighted by molar-refractivity contribution is 0.102. The highest BCUT2D eigenvalue weighted by atomic mass is 35.5. The lowest BCUT2D eigenvalue weighted by atomic mass is 10.1. The molecular formula is C22H22ClN3O2. The van der Waals surface area contributed by atoms with E-state index in [2.05, 4.69) is 15.6 Å². The molecule has 144 valence electrons. The lowest BCUT2D eigenvalue weighted by Crippen LogP contribution is -2.15. The molecule has 2 aromatic carbocycles. The molecule has 1 heterocycles. The van der Waals surface area contributed by atoms with Crippen LogP contribution in [0.1, 0.15) is 27.2 Å². The molecule has 0 saturated heterocycles. The van der Waals surface area contributed by atoms with E-state index in [1.54, 1.807) is 19.4 Å². The molecule has 0 saturated carbocycles. The number of pyridine rings is 1. The number of hydrogen-bond acceptors (Lipinski definition) is 4. The second-order valence-corrected chi connectivity index (χ2v) is 6.93. The predicted octanol–water partition coefficient (Wildman–Crippen LogP) is 5.22. The van der Waals surface area contributed by atoms with Crippen molar-refractivity contribution >= 4 is 28.9 Å². The van der Waals surface area contributed by atoms with Gasteiger partial charge in [0.1, 0.15) is 11.4 Å². The number of halogens is 1. The summed E-state index contributed by atoms with van der Waals surface area (Å²) >= 11 is 6.26. The number of anilines is 2. The Balaban J connectivity index is 1.62. The number of ether oxygens (including phenoxy) is 1. The Morgan fingerprint density at radius 3 is 2.46 bits per heavy atom. The molecule has 0 spiro atoms. The van der Waals surface area contributed by atoms with Gasteiger partial charge in [-0.3, -0.25) is 4.79 Å². The van der Waals surface area contributed by atoms with Crippen LogP contribution in [0.3, 0.4) is 0 Å². The van der Waals surface area contributed by atoms with Crippen LogP contribution in [-0.2, 0) is 6.54 Å². The van der Waals surface area contributed by atoms with Crippen molar-refractivity contribution in [2.45, 2.75) is 20.4 Å². The Kier molecular flexibility index (Phi) is 6.16. The van der Waals surface area contributed by atoms with Gasteiger partial charge in [0, 0.05) is 6.54 Å². The number of aromatic nitrogens is 1. The highest BCUT2D eigenvalue weighted by Crippen LogP contribution is 2.27. The Labute approximate surface area is 169 Å². The number of nitrogens with one attached hydrogen (secondary N) is 2. The normalized spacial score (nSPS) is 10.4. The fraction of sp³-hybridized carbons (Fsp3) is 0.182. The van der Waals surface area contributed by atoms with Crippen LogP contribution in [0.4, 0.5) is 11.4 Å². The fourth-order valence-electron chi connectivity index (χ4n) is 2.83. The van der Waals surface area contributed by atoms with Gasteiger partial charge in [-0.15, -0.1) is 0 Å². The van der Waals surface area contributed by atoms with Gasteiger partial charge >= 0.3 is 0 Å². The van der Waals surface area contributed by atoms with Crippen molar-refractivity contribution in [1.29, 1.82) is 0 Å². The molecule has 6 heteroatoms. The SMILES string of the molecule is COc1ccc(CNc2ccc(C(=O)Nc3c(C)cc(C)cc3Cl)nc2)cc1. The first-order chi connectivity index (χ1) is 13.5. The van der Waals surface area contributed by atoms with Crippen LogP contribution in [0.25, 0.3) is 0 Å². The molecule has 28 heavy (non-hydrogen) atoms. The summed E-state index contributed by atoms with van der Waals surface area (Å²) in [6.07, 6.45) is 1.64. The van der Waals surface area contributed by atoms with Crippen LogP contribution in [0.2, 0.25) is 5.02 Å². The van der Waals surface area contributed by atoms with E-state index < -0.39 is 0 Å². The molecule has 1 aromatic heterocycles. The summed E-state index contributed by atoms with van der Waals surface area (Å²) in [6, 6.07) is 15.1. The zero-order valence-electron chi connectivity index (χ0n) is 16.0. The third-order valence-corrected chi connectivity index (χ3v) is 4.62. The number of carbonyl (C=O) groups is 1. The molecular weight excluding hydrogens is 374 g/mol. The maximum absolute atomic E-state index is 12.5. The van der Waals surface area contributed by atoms with Crippen LogP contribution in [0.15, 0.2) is 54.7 Å². The summed E-state index contributed by atoms with van der Waals surface area (Å²) in [4.78, 5) is 16.7. The summed E-state index contributed by atoms with van der Waals surface area (Å²) in [5.74, 6) is 0.528. The minimum absolute atomic E-state index is 0.296. The Morgan fingerprint density at radius 2 is 1.86 bits per heavy atom. The third kappa shape index (κ3) is 4.81. The molecule has 0 aliphatic rings. The molecule has 1 amide bonds. The third-order valence-electron chi connectivity index (χ3n) is 4.32. The van der Waals surface area contributed by atoms with E-state index in [0.717, 1.165) is 28.1 Å². The quantitative estimate of drug-likeness (QED) is 0.600. The first kappa shape index (κ1) is 19.7. The predicted molar refractivity (Wildman–Crippen MR) is 113 cm³/mol. The molecule has 3 aromatic rings. The summed E-state index contributed by atoms with van der Waals surface area (Å²) in [7, 11) is 1.64. The summed E-state index contributed by atoms with van der Waals surface area (Å²) < 4.78 is 5.15. The van der Waals surface area contributed by atoms with E-state index in [-0.39, 0.29) is 5.91 Å². The van der Waals surface area contributed by atoms with E-state index in [1.165, 1.54) is 0 Å². The van der Waals surface area contributed by atoms with Gasteiger partial charge in [0.15, 0.2) is 0 Å². The Morgan fingerprint density at radius 1 is 1.11 bits per heavy atom. The minimum atomic E-state index is -0.296. The summed E-state index contributed by atoms with van der Waals surface area (Å²) in [5, 5.41) is 6.64. The molecule has 3 rings (SSSR count). The van der Waals surface area contributed by atoms with Gasteiger partial charge in [-0.1, -0.05) is 29.8 Å². The number of benzene rings is 2. The maximum Gasteiger partial charge on any atom is 0.274 e. The van der Waals surface area contributed by atoms with Gasteiger partial charge in [0.2, 0.25) is 0 Å². The standard InChI is InChI=1S/C22H22ClN3O2/c1-14-10-15(2)21(19(23)11-14)26-22(27)20-9-6-17(13-25-20)24-12-16-4-7-18(28-3)8-5-16/h4-11,13,24H,12H2,1-3H3,(H,26,27). The monoisotopic (exact) mass is 395 g/mol. The van der Waals surface area contributed by atoms with E-state index in [0.29, 0.717) is 22.9 Å². The van der Waals surface area contributed by atoms with E-state index in [1.807, 2.05) is 56.3 Å². The van der Waals surface area contributed by atoms with Crippen LogP contribution >= 0.6 is 11.6 Å². The molecule has 0 fully saturated rings. The average molecular weight is 396 g/mol. The molecule has 5 nitrogen and oxygen atoms in total. The van der Waals surface area contributed by atoms with Crippen molar-refractivity contribution in [1.82, 2.24) is 4.98 Å². The molecule has 2 N–H and O–H groups in total. The number of aryl methyl sites for hydroxylation is 2. The van der Waals surface area contributed by atoms with Crippen molar-refractivity contribution in [3.05, 3.63) is 82.1 Å². The Hall–Kier alpha value is -3.05. The number of nitrogens with zero attached hydrogens (tertiary/aromatic N) is 1. The highest BCUT2D eigenvalue weighted by Gasteiger charge is 2.12. The van der Waals surface area contributed by atoms with Crippen molar-refractivity contribution < 1.29 is 9.53 Å². The van der Waals surface area contributed by atoms with Gasteiger partial charge in [0.25, 0.3) is 5.91 Å². The van der Waals surface area contributed by atoms with Gasteiger partial charge in [-0.2, -0.15) is 0 Å². The maximum atomic E-state index is 12.5. The molecule has 0 bridgehead atoms. The lowest BCUT2D eigenvalue weighted by Gasteiger charge is -2.12. The first-order valence-corrected chi connectivity index (χ1v) is 9.25. The first-order valence-electron chi connectivity index (χ1n) is 8.87. The van der Waals surface area contributed by atoms with Crippen molar-refractivity contribution in [2.24, 2.45) is 0 Å². The summed E-state index contributed by atoms with van der Waals surface area (Å²) in [5.41, 5.74) is 4.85. The van der Waals surface area contributed by atoms with Crippen LogP contribution in [0, 0.1) is 13.8 Å². The molecule has 0 unspecified atom stereocenters. The van der Waals surface area contributed by atoms with Crippen LogP contribution < -0.4 is 15.4 Å². The van der Waals surface area contributed by atoms with Gasteiger partial charge in [-0.25, -0.2) is 4.98 Å². The van der Waals surface area contributed by atoms with Crippen molar-refractivity contribution in [3.63, 3.8) is 0 Å². The van der Waals surface area contributed by atoms with Gasteiger partial charge in [0.05, 0.1) is 29.7 Å². The highest BCUT2D eigenvalue weighted by molar-refractivity contribution is 6.34. The number of carbonyl (C=O) groups excluding carboxylic acids is 1. The minimum Gasteiger partial charge on any atom is -0.497 e. The Bertz CT molecular complexity index is 947. The van der Waals surface area contributed by atoms with Crippen LogP contribution in [0.5, 0.6) is 5.75 Å². The second kappa shape index (κ2) is 8.76. The summed E-state index contributed by atoms with van der Waals surface area (Å²) in [6.45, 7) is 4.52. The van der Waals surface area contributed by atoms with Crippen molar-refractivity contribution in [2.75, 3.05) is 17.7 Å². The zero-order valence-corrected chi connectivity index (χ0v) is 16.8. The fourth-order valence-corrected chi connectivity index (χ4v) is 3.20. The molecule has 0 aliphatic heterocycles.